The normalized spacial score (nSPS) is 11.5. The predicted molar refractivity (Wildman–Crippen MR) is 91.2 cm³/mol. The molecule has 1 amide bonds. The van der Waals surface area contributed by atoms with Crippen molar-refractivity contribution in [2.75, 3.05) is 39.1 Å². The van der Waals surface area contributed by atoms with Gasteiger partial charge < -0.3 is 20.7 Å². The van der Waals surface area contributed by atoms with E-state index in [0.717, 1.165) is 30.8 Å². The van der Waals surface area contributed by atoms with Gasteiger partial charge in [0.25, 0.3) is 0 Å². The molecule has 22 heavy (non-hydrogen) atoms. The molecule has 0 unspecified atom stereocenters. The fourth-order valence-electron chi connectivity index (χ4n) is 2.23. The lowest BCUT2D eigenvalue weighted by Crippen LogP contribution is -2.41. The summed E-state index contributed by atoms with van der Waals surface area (Å²) in [5, 5.41) is 2.97. The van der Waals surface area contributed by atoms with Crippen molar-refractivity contribution in [3.8, 4) is 5.75 Å². The van der Waals surface area contributed by atoms with Crippen molar-refractivity contribution in [2.45, 2.75) is 26.7 Å². The van der Waals surface area contributed by atoms with E-state index in [1.165, 1.54) is 0 Å². The number of amides is 1. The second-order valence-electron chi connectivity index (χ2n) is 5.83. The maximum atomic E-state index is 12.5. The lowest BCUT2D eigenvalue weighted by molar-refractivity contribution is -0.125. The van der Waals surface area contributed by atoms with E-state index in [1.54, 1.807) is 0 Å². The summed E-state index contributed by atoms with van der Waals surface area (Å²) in [4.78, 5) is 14.6. The number of nitrogens with zero attached hydrogens (tertiary/aromatic N) is 1. The minimum Gasteiger partial charge on any atom is -0.492 e. The Morgan fingerprint density at radius 3 is 2.55 bits per heavy atom. The first-order chi connectivity index (χ1) is 10.5. The smallest absolute Gasteiger partial charge is 0.231 e. The number of nitrogens with one attached hydrogen (secondary N) is 1. The minimum atomic E-state index is -0.498. The topological polar surface area (TPSA) is 67.6 Å². The highest BCUT2D eigenvalue weighted by Gasteiger charge is 2.33. The van der Waals surface area contributed by atoms with Gasteiger partial charge in [0.2, 0.25) is 5.91 Å². The van der Waals surface area contributed by atoms with E-state index in [-0.39, 0.29) is 5.91 Å². The van der Waals surface area contributed by atoms with E-state index in [9.17, 15) is 4.79 Å². The Labute approximate surface area is 133 Å². The minimum absolute atomic E-state index is 0.0227. The molecule has 0 atom stereocenters. The summed E-state index contributed by atoms with van der Waals surface area (Å²) < 4.78 is 5.69. The first kappa shape index (κ1) is 18.5. The van der Waals surface area contributed by atoms with Crippen molar-refractivity contribution in [3.63, 3.8) is 0 Å². The van der Waals surface area contributed by atoms with Gasteiger partial charge in [-0.15, -0.1) is 0 Å². The number of rotatable bonds is 9. The van der Waals surface area contributed by atoms with Crippen LogP contribution in [0.4, 0.5) is 5.69 Å². The highest BCUT2D eigenvalue weighted by Crippen LogP contribution is 2.27. The molecule has 0 aromatic heterocycles. The molecule has 0 aliphatic rings. The molecule has 0 bridgehead atoms. The number of carbonyl (C=O) groups excluding carboxylic acids is 1. The summed E-state index contributed by atoms with van der Waals surface area (Å²) in [6, 6.07) is 7.48. The molecule has 5 heteroatoms. The van der Waals surface area contributed by atoms with E-state index >= 15 is 0 Å². The fourth-order valence-corrected chi connectivity index (χ4v) is 2.23. The number of benzene rings is 1. The Hall–Kier alpha value is -1.59. The molecule has 0 fully saturated rings. The van der Waals surface area contributed by atoms with Crippen molar-refractivity contribution in [2.24, 2.45) is 11.1 Å². The van der Waals surface area contributed by atoms with Crippen LogP contribution in [0.3, 0.4) is 0 Å². The third-order valence-corrected chi connectivity index (χ3v) is 4.13. The molecule has 0 saturated carbocycles. The molecule has 5 nitrogen and oxygen atoms in total. The summed E-state index contributed by atoms with van der Waals surface area (Å²) in [6.07, 6.45) is 1.45. The average Bonchev–Trinajstić information content (AvgIpc) is 2.49. The molecule has 0 saturated heterocycles. The van der Waals surface area contributed by atoms with E-state index in [2.05, 4.69) is 10.2 Å². The van der Waals surface area contributed by atoms with E-state index in [1.807, 2.05) is 52.2 Å². The lowest BCUT2D eigenvalue weighted by Gasteiger charge is -2.28. The van der Waals surface area contributed by atoms with Crippen molar-refractivity contribution in [1.82, 2.24) is 4.90 Å². The van der Waals surface area contributed by atoms with Gasteiger partial charge in [0.1, 0.15) is 12.4 Å². The third-order valence-electron chi connectivity index (χ3n) is 4.13. The number of likely N-dealkylation sites (N-methyl/N-ethyl adjacent to an activating group) is 1. The van der Waals surface area contributed by atoms with Crippen LogP contribution < -0.4 is 15.8 Å². The zero-order valence-corrected chi connectivity index (χ0v) is 14.2. The Kier molecular flexibility index (Phi) is 7.35. The second kappa shape index (κ2) is 8.76. The Bertz CT molecular complexity index is 462. The van der Waals surface area contributed by atoms with Gasteiger partial charge in [0, 0.05) is 24.8 Å². The van der Waals surface area contributed by atoms with Crippen LogP contribution >= 0.6 is 0 Å². The van der Waals surface area contributed by atoms with E-state index in [4.69, 9.17) is 10.5 Å². The molecule has 1 rings (SSSR count). The molecular weight excluding hydrogens is 278 g/mol. The molecule has 3 N–H and O–H groups in total. The summed E-state index contributed by atoms with van der Waals surface area (Å²) in [7, 11) is 4.00. The Morgan fingerprint density at radius 1 is 1.32 bits per heavy atom. The number of hydrogen-bond donors (Lipinski definition) is 2. The zero-order valence-electron chi connectivity index (χ0n) is 14.2. The molecular formula is C17H29N3O2. The van der Waals surface area contributed by atoms with Crippen molar-refractivity contribution >= 4 is 11.6 Å². The number of hydrogen-bond acceptors (Lipinski definition) is 4. The van der Waals surface area contributed by atoms with Crippen LogP contribution in [-0.2, 0) is 4.79 Å². The molecule has 124 valence electrons. The summed E-state index contributed by atoms with van der Waals surface area (Å²) in [5.41, 5.74) is 6.06. The van der Waals surface area contributed by atoms with E-state index < -0.39 is 5.41 Å². The first-order valence-corrected chi connectivity index (χ1v) is 7.86. The molecule has 0 aliphatic carbocycles. The van der Waals surface area contributed by atoms with Crippen LogP contribution in [0.1, 0.15) is 26.7 Å². The van der Waals surface area contributed by atoms with Gasteiger partial charge >= 0.3 is 0 Å². The van der Waals surface area contributed by atoms with E-state index in [0.29, 0.717) is 13.2 Å². The molecule has 0 aliphatic heterocycles. The molecule has 0 heterocycles. The second-order valence-corrected chi connectivity index (χ2v) is 5.83. The van der Waals surface area contributed by atoms with Gasteiger partial charge in [-0.1, -0.05) is 19.9 Å². The summed E-state index contributed by atoms with van der Waals surface area (Å²) in [6.45, 7) is 5.80. The largest absolute Gasteiger partial charge is 0.492 e. The van der Waals surface area contributed by atoms with Crippen LogP contribution in [0.5, 0.6) is 5.75 Å². The number of ether oxygens (including phenoxy) is 1. The highest BCUT2D eigenvalue weighted by atomic mass is 16.5. The standard InChI is InChI=1S/C17H29N3O2/c1-5-17(6-2,13-18)16(21)19-14-8-7-9-15(12-14)22-11-10-20(3)4/h7-9,12H,5-6,10-11,13,18H2,1-4H3,(H,19,21). The number of anilines is 1. The number of nitrogens with two attached hydrogens (primary N) is 1. The van der Waals surface area contributed by atoms with Gasteiger partial charge in [-0.05, 0) is 39.1 Å². The quantitative estimate of drug-likeness (QED) is 0.735. The van der Waals surface area contributed by atoms with Crippen LogP contribution in [-0.4, -0.2) is 44.6 Å². The zero-order chi connectivity index (χ0) is 16.6. The maximum absolute atomic E-state index is 12.5. The molecule has 1 aromatic rings. The maximum Gasteiger partial charge on any atom is 0.231 e. The van der Waals surface area contributed by atoms with Gasteiger partial charge in [-0.25, -0.2) is 0 Å². The summed E-state index contributed by atoms with van der Waals surface area (Å²) >= 11 is 0. The van der Waals surface area contributed by atoms with Crippen LogP contribution in [0.2, 0.25) is 0 Å². The SMILES string of the molecule is CCC(CC)(CN)C(=O)Nc1cccc(OCCN(C)C)c1. The van der Waals surface area contributed by atoms with Crippen molar-refractivity contribution in [1.29, 1.82) is 0 Å². The number of carbonyl (C=O) groups is 1. The van der Waals surface area contributed by atoms with Crippen LogP contribution in [0.15, 0.2) is 24.3 Å². The predicted octanol–water partition coefficient (Wildman–Crippen LogP) is 2.33. The molecule has 0 radical (unpaired) electrons. The Morgan fingerprint density at radius 2 is 2.00 bits per heavy atom. The van der Waals surface area contributed by atoms with Crippen LogP contribution in [0, 0.1) is 5.41 Å². The van der Waals surface area contributed by atoms with Gasteiger partial charge in [-0.3, -0.25) is 4.79 Å². The molecule has 1 aromatic carbocycles. The summed E-state index contributed by atoms with van der Waals surface area (Å²) in [5.74, 6) is 0.733. The van der Waals surface area contributed by atoms with Crippen molar-refractivity contribution in [3.05, 3.63) is 24.3 Å². The highest BCUT2D eigenvalue weighted by molar-refractivity contribution is 5.95. The fraction of sp³-hybridized carbons (Fsp3) is 0.588. The lowest BCUT2D eigenvalue weighted by atomic mass is 9.81. The monoisotopic (exact) mass is 307 g/mol. The Balaban J connectivity index is 2.71. The van der Waals surface area contributed by atoms with Gasteiger partial charge in [0.15, 0.2) is 0 Å². The average molecular weight is 307 g/mol. The van der Waals surface area contributed by atoms with Gasteiger partial charge in [0.05, 0.1) is 5.41 Å². The first-order valence-electron chi connectivity index (χ1n) is 7.86. The van der Waals surface area contributed by atoms with Crippen LogP contribution in [0.25, 0.3) is 0 Å². The molecule has 0 spiro atoms. The van der Waals surface area contributed by atoms with Crippen molar-refractivity contribution < 1.29 is 9.53 Å². The van der Waals surface area contributed by atoms with Gasteiger partial charge in [-0.2, -0.15) is 0 Å². The third kappa shape index (κ3) is 5.00.